The average Bonchev–Trinajstić information content (AvgIpc) is 2.46. The number of nitriles is 2. The number of H-pyrrole nitrogens is 1. The smallest absolute Gasteiger partial charge is 0.269 e. The van der Waals surface area contributed by atoms with E-state index in [1.807, 2.05) is 0 Å². The van der Waals surface area contributed by atoms with Gasteiger partial charge in [-0.3, -0.25) is 9.78 Å². The predicted molar refractivity (Wildman–Crippen MR) is 75.2 cm³/mol. The largest absolute Gasteiger partial charge is 0.497 e. The second-order valence-corrected chi connectivity index (χ2v) is 3.88. The minimum atomic E-state index is -0.741. The summed E-state index contributed by atoms with van der Waals surface area (Å²) in [7, 11) is 1.51. The highest BCUT2D eigenvalue weighted by Gasteiger charge is 2.18. The maximum Gasteiger partial charge on any atom is 0.269 e. The molecule has 0 saturated heterocycles. The van der Waals surface area contributed by atoms with Crippen LogP contribution in [0.5, 0.6) is 11.6 Å². The first-order valence-corrected chi connectivity index (χ1v) is 5.56. The zero-order valence-corrected chi connectivity index (χ0v) is 11.2. The van der Waals surface area contributed by atoms with Gasteiger partial charge in [-0.25, -0.2) is 0 Å². The van der Waals surface area contributed by atoms with Gasteiger partial charge in [-0.1, -0.05) is 12.1 Å². The van der Waals surface area contributed by atoms with Crippen molar-refractivity contribution in [2.24, 2.45) is 0 Å². The summed E-state index contributed by atoms with van der Waals surface area (Å²) in [6.07, 6.45) is 0. The van der Waals surface area contributed by atoms with Gasteiger partial charge in [0, 0.05) is 5.56 Å². The molecule has 0 aliphatic heterocycles. The third kappa shape index (κ3) is 2.68. The molecule has 0 aliphatic rings. The highest BCUT2D eigenvalue weighted by Crippen LogP contribution is 2.30. The zero-order valence-electron chi connectivity index (χ0n) is 11.2. The number of rotatable bonds is 2. The van der Waals surface area contributed by atoms with E-state index in [1.165, 1.54) is 7.11 Å². The maximum atomic E-state index is 11.7. The average molecular weight is 284 g/mol. The number of hydrogen-bond acceptors (Lipinski definition) is 6. The van der Waals surface area contributed by atoms with Gasteiger partial charge in [-0.05, 0) is 17.7 Å². The van der Waals surface area contributed by atoms with Gasteiger partial charge < -0.3 is 16.0 Å². The van der Waals surface area contributed by atoms with Crippen molar-refractivity contribution >= 4 is 0 Å². The molecule has 1 aromatic heterocycles. The first-order chi connectivity index (χ1) is 9.62. The third-order valence-corrected chi connectivity index (χ3v) is 2.80. The van der Waals surface area contributed by atoms with E-state index in [2.05, 4.69) is 4.98 Å². The number of nitrogens with zero attached hydrogens (tertiary/aromatic N) is 2. The fraction of sp³-hybridized carbons (Fsp3) is 0.0714. The van der Waals surface area contributed by atoms with E-state index in [-0.39, 0.29) is 22.8 Å². The van der Waals surface area contributed by atoms with Crippen molar-refractivity contribution in [2.75, 3.05) is 7.11 Å². The third-order valence-electron chi connectivity index (χ3n) is 2.80. The van der Waals surface area contributed by atoms with Crippen LogP contribution in [0.2, 0.25) is 0 Å². The Bertz CT molecular complexity index is 795. The van der Waals surface area contributed by atoms with Gasteiger partial charge >= 0.3 is 0 Å². The highest BCUT2D eigenvalue weighted by molar-refractivity contribution is 5.78. The fourth-order valence-electron chi connectivity index (χ4n) is 1.85. The quantitative estimate of drug-likeness (QED) is 0.764. The van der Waals surface area contributed by atoms with Crippen LogP contribution in [0.4, 0.5) is 0 Å². The van der Waals surface area contributed by atoms with Crippen LogP contribution in [0.1, 0.15) is 11.1 Å². The molecule has 21 heavy (non-hydrogen) atoms. The van der Waals surface area contributed by atoms with E-state index in [4.69, 9.17) is 15.3 Å². The topological polar surface area (TPSA) is 145 Å². The first-order valence-electron chi connectivity index (χ1n) is 5.56. The Morgan fingerprint density at radius 3 is 2.19 bits per heavy atom. The Morgan fingerprint density at radius 1 is 1.14 bits per heavy atom. The molecule has 5 N–H and O–H groups in total. The van der Waals surface area contributed by atoms with Gasteiger partial charge in [-0.15, -0.1) is 0 Å². The second-order valence-electron chi connectivity index (χ2n) is 3.88. The summed E-state index contributed by atoms with van der Waals surface area (Å²) < 4.78 is 5.02. The van der Waals surface area contributed by atoms with E-state index < -0.39 is 11.4 Å². The van der Waals surface area contributed by atoms with Crippen LogP contribution in [-0.2, 0) is 0 Å². The molecule has 0 amide bonds. The number of benzene rings is 1. The Hall–Kier alpha value is -3.29. The molecular weight excluding hydrogens is 272 g/mol. The van der Waals surface area contributed by atoms with Gasteiger partial charge in [0.2, 0.25) is 5.88 Å². The van der Waals surface area contributed by atoms with Crippen LogP contribution < -0.4 is 16.4 Å². The molecule has 0 unspecified atom stereocenters. The lowest BCUT2D eigenvalue weighted by Gasteiger charge is -2.08. The predicted octanol–water partition coefficient (Wildman–Crippen LogP) is 1.66. The van der Waals surface area contributed by atoms with Crippen molar-refractivity contribution in [3.8, 4) is 34.9 Å². The number of aromatic amines is 1. The van der Waals surface area contributed by atoms with E-state index >= 15 is 0 Å². The zero-order chi connectivity index (χ0) is 14.7. The van der Waals surface area contributed by atoms with Crippen LogP contribution in [0.15, 0.2) is 29.1 Å². The monoisotopic (exact) mass is 284 g/mol. The molecular formula is C14H12N4O3. The Morgan fingerprint density at radius 2 is 1.71 bits per heavy atom. The normalized spacial score (nSPS) is 9.10. The van der Waals surface area contributed by atoms with Crippen LogP contribution in [-0.4, -0.2) is 17.2 Å². The molecule has 0 aliphatic carbocycles. The van der Waals surface area contributed by atoms with Crippen LogP contribution >= 0.6 is 0 Å². The molecule has 0 atom stereocenters. The Kier molecular flexibility index (Phi) is 4.68. The Labute approximate surface area is 120 Å². The van der Waals surface area contributed by atoms with Crippen molar-refractivity contribution in [3.63, 3.8) is 0 Å². The molecule has 0 radical (unpaired) electrons. The van der Waals surface area contributed by atoms with E-state index in [0.717, 1.165) is 0 Å². The van der Waals surface area contributed by atoms with Gasteiger partial charge in [-0.2, -0.15) is 10.5 Å². The summed E-state index contributed by atoms with van der Waals surface area (Å²) in [5.41, 5.74) is -0.523. The molecule has 1 heterocycles. The molecule has 2 rings (SSSR count). The minimum Gasteiger partial charge on any atom is -0.497 e. The summed E-state index contributed by atoms with van der Waals surface area (Å²) in [4.78, 5) is 13.8. The van der Waals surface area contributed by atoms with E-state index in [9.17, 15) is 9.90 Å². The molecule has 2 aromatic rings. The van der Waals surface area contributed by atoms with Crippen LogP contribution in [0.3, 0.4) is 0 Å². The van der Waals surface area contributed by atoms with Gasteiger partial charge in [0.15, 0.2) is 0 Å². The lowest BCUT2D eigenvalue weighted by molar-refractivity contribution is 0.415. The first kappa shape index (κ1) is 15.8. The fourth-order valence-corrected chi connectivity index (χ4v) is 1.85. The number of ether oxygens (including phenoxy) is 1. The van der Waals surface area contributed by atoms with Gasteiger partial charge in [0.1, 0.15) is 29.0 Å². The number of aromatic nitrogens is 1. The molecule has 0 fully saturated rings. The number of methoxy groups -OCH3 is 1. The van der Waals surface area contributed by atoms with E-state index in [1.54, 1.807) is 36.4 Å². The van der Waals surface area contributed by atoms with Gasteiger partial charge in [0.05, 0.1) is 7.11 Å². The van der Waals surface area contributed by atoms with Crippen molar-refractivity contribution < 1.29 is 9.84 Å². The SMILES string of the molecule is COc1ccc(-c2c(C#N)c(O)[nH]c(=O)c2C#N)cc1.N. The summed E-state index contributed by atoms with van der Waals surface area (Å²) in [6.45, 7) is 0. The van der Waals surface area contributed by atoms with Crippen molar-refractivity contribution in [2.45, 2.75) is 0 Å². The molecule has 7 nitrogen and oxygen atoms in total. The maximum absolute atomic E-state index is 11.7. The number of aromatic hydroxyl groups is 1. The van der Waals surface area contributed by atoms with Crippen molar-refractivity contribution in [1.29, 1.82) is 10.5 Å². The molecule has 0 bridgehead atoms. The van der Waals surface area contributed by atoms with Crippen molar-refractivity contribution in [1.82, 2.24) is 11.1 Å². The van der Waals surface area contributed by atoms with Crippen LogP contribution in [0, 0.1) is 22.7 Å². The molecule has 1 aromatic carbocycles. The van der Waals surface area contributed by atoms with Gasteiger partial charge in [0.25, 0.3) is 5.56 Å². The van der Waals surface area contributed by atoms with E-state index in [0.29, 0.717) is 11.3 Å². The second kappa shape index (κ2) is 6.24. The number of pyridine rings is 1. The number of nitrogens with one attached hydrogen (secondary N) is 1. The molecule has 0 spiro atoms. The summed E-state index contributed by atoms with van der Waals surface area (Å²) in [5.74, 6) is 0.0437. The highest BCUT2D eigenvalue weighted by atomic mass is 16.5. The lowest BCUT2D eigenvalue weighted by atomic mass is 9.97. The summed E-state index contributed by atoms with van der Waals surface area (Å²) >= 11 is 0. The molecule has 106 valence electrons. The van der Waals surface area contributed by atoms with Crippen LogP contribution in [0.25, 0.3) is 11.1 Å². The lowest BCUT2D eigenvalue weighted by Crippen LogP contribution is -2.13. The summed E-state index contributed by atoms with van der Waals surface area (Å²) in [5, 5.41) is 27.8. The molecule has 7 heteroatoms. The number of hydrogen-bond donors (Lipinski definition) is 3. The standard InChI is InChI=1S/C14H9N3O3.H3N/c1-20-9-4-2-8(3-5-9)12-10(6-15)13(18)17-14(19)11(12)7-16;/h2-5H,1H3,(H2,17,18,19);1H3. The summed E-state index contributed by atoms with van der Waals surface area (Å²) in [6, 6.07) is 10.0. The Balaban J connectivity index is 0.00000220. The molecule has 0 saturated carbocycles. The minimum absolute atomic E-state index is 0. The van der Waals surface area contributed by atoms with Crippen molar-refractivity contribution in [3.05, 3.63) is 45.7 Å².